The molecule has 1 aromatic carbocycles. The van der Waals surface area contributed by atoms with E-state index in [1.165, 1.54) is 16.0 Å². The standard InChI is InChI=1S/C19H29N5S/c1-6-20-19(22-12-18-23-14(2)15(3)25-18)21-11-16-8-7-9-17(10-16)13-24(4)5/h7-10H,6,11-13H2,1-5H3,(H2,20,21,22). The van der Waals surface area contributed by atoms with Crippen LogP contribution in [0.15, 0.2) is 29.3 Å². The molecule has 1 heterocycles. The van der Waals surface area contributed by atoms with Crippen LogP contribution in [0.25, 0.3) is 0 Å². The number of rotatable bonds is 7. The van der Waals surface area contributed by atoms with Crippen molar-refractivity contribution in [3.63, 3.8) is 0 Å². The molecule has 0 spiro atoms. The summed E-state index contributed by atoms with van der Waals surface area (Å²) in [6.07, 6.45) is 0. The van der Waals surface area contributed by atoms with Crippen LogP contribution in [0.1, 0.15) is 33.6 Å². The number of benzene rings is 1. The highest BCUT2D eigenvalue weighted by atomic mass is 32.1. The first-order valence-corrected chi connectivity index (χ1v) is 9.47. The number of aromatic nitrogens is 1. The molecule has 0 aliphatic rings. The fourth-order valence-corrected chi connectivity index (χ4v) is 3.35. The van der Waals surface area contributed by atoms with Crippen LogP contribution < -0.4 is 10.6 Å². The third-order valence-electron chi connectivity index (χ3n) is 3.73. The second kappa shape index (κ2) is 9.53. The third-order valence-corrected chi connectivity index (χ3v) is 4.81. The predicted octanol–water partition coefficient (Wildman–Crippen LogP) is 3.08. The predicted molar refractivity (Wildman–Crippen MR) is 107 cm³/mol. The Morgan fingerprint density at radius 2 is 1.96 bits per heavy atom. The van der Waals surface area contributed by atoms with Crippen LogP contribution in [-0.2, 0) is 19.6 Å². The van der Waals surface area contributed by atoms with E-state index < -0.39 is 0 Å². The normalized spacial score (nSPS) is 11.8. The Kier molecular flexibility index (Phi) is 7.40. The van der Waals surface area contributed by atoms with Crippen molar-refractivity contribution in [3.8, 4) is 0 Å². The summed E-state index contributed by atoms with van der Waals surface area (Å²) in [6.45, 7) is 9.37. The summed E-state index contributed by atoms with van der Waals surface area (Å²) < 4.78 is 0. The van der Waals surface area contributed by atoms with E-state index in [1.807, 2.05) is 0 Å². The molecule has 25 heavy (non-hydrogen) atoms. The molecule has 2 rings (SSSR count). The van der Waals surface area contributed by atoms with Gasteiger partial charge in [-0.3, -0.25) is 0 Å². The number of aliphatic imine (C=N–C) groups is 1. The summed E-state index contributed by atoms with van der Waals surface area (Å²) in [5.74, 6) is 0.825. The lowest BCUT2D eigenvalue weighted by Crippen LogP contribution is -2.36. The highest BCUT2D eigenvalue weighted by molar-refractivity contribution is 7.11. The number of nitrogens with zero attached hydrogens (tertiary/aromatic N) is 3. The van der Waals surface area contributed by atoms with Gasteiger partial charge < -0.3 is 15.5 Å². The number of thiazole rings is 1. The van der Waals surface area contributed by atoms with E-state index in [9.17, 15) is 0 Å². The molecule has 0 saturated carbocycles. The highest BCUT2D eigenvalue weighted by Crippen LogP contribution is 2.16. The maximum atomic E-state index is 4.71. The van der Waals surface area contributed by atoms with Crippen molar-refractivity contribution < 1.29 is 0 Å². The maximum Gasteiger partial charge on any atom is 0.191 e. The van der Waals surface area contributed by atoms with Crippen molar-refractivity contribution in [3.05, 3.63) is 51.0 Å². The Morgan fingerprint density at radius 1 is 1.20 bits per heavy atom. The van der Waals surface area contributed by atoms with Crippen molar-refractivity contribution in [1.29, 1.82) is 0 Å². The highest BCUT2D eigenvalue weighted by Gasteiger charge is 2.05. The quantitative estimate of drug-likeness (QED) is 0.589. The lowest BCUT2D eigenvalue weighted by molar-refractivity contribution is 0.402. The van der Waals surface area contributed by atoms with E-state index in [0.717, 1.165) is 29.8 Å². The van der Waals surface area contributed by atoms with E-state index in [1.54, 1.807) is 11.3 Å². The summed E-state index contributed by atoms with van der Waals surface area (Å²) in [5.41, 5.74) is 3.64. The molecule has 0 atom stereocenters. The molecule has 2 N–H and O–H groups in total. The summed E-state index contributed by atoms with van der Waals surface area (Å²) in [7, 11) is 4.17. The van der Waals surface area contributed by atoms with Gasteiger partial charge in [-0.05, 0) is 46.0 Å². The van der Waals surface area contributed by atoms with Gasteiger partial charge in [-0.25, -0.2) is 9.98 Å². The van der Waals surface area contributed by atoms with Crippen LogP contribution in [-0.4, -0.2) is 36.5 Å². The lowest BCUT2D eigenvalue weighted by atomic mass is 10.1. The zero-order chi connectivity index (χ0) is 18.2. The molecule has 0 aliphatic heterocycles. The van der Waals surface area contributed by atoms with Crippen LogP contribution in [0.2, 0.25) is 0 Å². The van der Waals surface area contributed by atoms with E-state index in [-0.39, 0.29) is 0 Å². The van der Waals surface area contributed by atoms with Gasteiger partial charge >= 0.3 is 0 Å². The summed E-state index contributed by atoms with van der Waals surface area (Å²) in [4.78, 5) is 12.7. The lowest BCUT2D eigenvalue weighted by Gasteiger charge is -2.12. The van der Waals surface area contributed by atoms with Gasteiger partial charge in [0.2, 0.25) is 0 Å². The minimum Gasteiger partial charge on any atom is -0.357 e. The maximum absolute atomic E-state index is 4.71. The van der Waals surface area contributed by atoms with Crippen LogP contribution in [0.4, 0.5) is 0 Å². The molecule has 0 unspecified atom stereocenters. The first-order chi connectivity index (χ1) is 12.0. The topological polar surface area (TPSA) is 52.6 Å². The van der Waals surface area contributed by atoms with Gasteiger partial charge in [0, 0.05) is 18.0 Å². The van der Waals surface area contributed by atoms with E-state index in [4.69, 9.17) is 4.99 Å². The largest absolute Gasteiger partial charge is 0.357 e. The molecule has 0 amide bonds. The number of hydrogen-bond donors (Lipinski definition) is 2. The van der Waals surface area contributed by atoms with Crippen LogP contribution in [0, 0.1) is 13.8 Å². The SMILES string of the molecule is CCNC(=NCc1cccc(CN(C)C)c1)NCc1nc(C)c(C)s1. The van der Waals surface area contributed by atoms with Gasteiger partial charge in [-0.1, -0.05) is 24.3 Å². The number of hydrogen-bond acceptors (Lipinski definition) is 4. The van der Waals surface area contributed by atoms with Crippen molar-refractivity contribution in [2.45, 2.75) is 40.4 Å². The molecule has 136 valence electrons. The Hall–Kier alpha value is -1.92. The molecule has 5 nitrogen and oxygen atoms in total. The fourth-order valence-electron chi connectivity index (χ4n) is 2.48. The van der Waals surface area contributed by atoms with Crippen molar-refractivity contribution >= 4 is 17.3 Å². The fraction of sp³-hybridized carbons (Fsp3) is 0.474. The van der Waals surface area contributed by atoms with Gasteiger partial charge in [0.15, 0.2) is 5.96 Å². The molecule has 0 radical (unpaired) electrons. The Labute approximate surface area is 155 Å². The summed E-state index contributed by atoms with van der Waals surface area (Å²) in [6, 6.07) is 8.61. The molecule has 0 saturated heterocycles. The molecular weight excluding hydrogens is 330 g/mol. The van der Waals surface area contributed by atoms with E-state index in [2.05, 4.69) is 79.6 Å². The molecule has 2 aromatic rings. The molecule has 1 aromatic heterocycles. The first kappa shape index (κ1) is 19.4. The van der Waals surface area contributed by atoms with Gasteiger partial charge in [0.25, 0.3) is 0 Å². The molecular formula is C19H29N5S. The van der Waals surface area contributed by atoms with Crippen molar-refractivity contribution in [2.75, 3.05) is 20.6 Å². The first-order valence-electron chi connectivity index (χ1n) is 8.65. The van der Waals surface area contributed by atoms with Crippen LogP contribution in [0.3, 0.4) is 0 Å². The van der Waals surface area contributed by atoms with Gasteiger partial charge in [-0.2, -0.15) is 0 Å². The van der Waals surface area contributed by atoms with E-state index in [0.29, 0.717) is 13.1 Å². The zero-order valence-corrected chi connectivity index (χ0v) is 16.7. The van der Waals surface area contributed by atoms with Gasteiger partial charge in [0.05, 0.1) is 18.8 Å². The average Bonchev–Trinajstić information content (AvgIpc) is 2.88. The van der Waals surface area contributed by atoms with E-state index >= 15 is 0 Å². The van der Waals surface area contributed by atoms with Crippen molar-refractivity contribution in [2.24, 2.45) is 4.99 Å². The Bertz CT molecular complexity index is 686. The second-order valence-corrected chi connectivity index (χ2v) is 7.64. The molecule has 0 fully saturated rings. The Morgan fingerprint density at radius 3 is 2.60 bits per heavy atom. The summed E-state index contributed by atoms with van der Waals surface area (Å²) in [5, 5.41) is 7.76. The second-order valence-electron chi connectivity index (χ2n) is 6.36. The van der Waals surface area contributed by atoms with Crippen molar-refractivity contribution in [1.82, 2.24) is 20.5 Å². The molecule has 6 heteroatoms. The number of guanidine groups is 1. The number of aryl methyl sites for hydroxylation is 2. The third kappa shape index (κ3) is 6.48. The minimum absolute atomic E-state index is 0.659. The van der Waals surface area contributed by atoms with Gasteiger partial charge in [-0.15, -0.1) is 11.3 Å². The molecule has 0 bridgehead atoms. The Balaban J connectivity index is 1.98. The minimum atomic E-state index is 0.659. The smallest absolute Gasteiger partial charge is 0.191 e. The van der Waals surface area contributed by atoms with Crippen LogP contribution in [0.5, 0.6) is 0 Å². The average molecular weight is 360 g/mol. The van der Waals surface area contributed by atoms with Gasteiger partial charge in [0.1, 0.15) is 5.01 Å². The monoisotopic (exact) mass is 359 g/mol. The number of nitrogens with one attached hydrogen (secondary N) is 2. The zero-order valence-electron chi connectivity index (χ0n) is 15.9. The van der Waals surface area contributed by atoms with Crippen LogP contribution >= 0.6 is 11.3 Å². The molecule has 0 aliphatic carbocycles. The summed E-state index contributed by atoms with van der Waals surface area (Å²) >= 11 is 1.74.